The van der Waals surface area contributed by atoms with E-state index >= 15 is 0 Å². The molecule has 0 aliphatic carbocycles. The Hall–Kier alpha value is -2.46. The molecular formula is C14H11BrN4O2. The molecule has 2 aromatic rings. The average molecular weight is 347 g/mol. The largest absolute Gasteiger partial charge is 0.358 e. The second-order valence-electron chi connectivity index (χ2n) is 4.38. The van der Waals surface area contributed by atoms with Crippen LogP contribution in [0, 0.1) is 21.4 Å². The number of nitriles is 1. The van der Waals surface area contributed by atoms with Crippen molar-refractivity contribution in [2.75, 3.05) is 5.32 Å². The normalized spacial score (nSPS) is 11.5. The Bertz CT molecular complexity index is 727. The number of nitrogens with zero attached hydrogens (tertiary/aromatic N) is 3. The number of nitro groups is 1. The van der Waals surface area contributed by atoms with E-state index in [4.69, 9.17) is 5.26 Å². The van der Waals surface area contributed by atoms with E-state index < -0.39 is 4.92 Å². The summed E-state index contributed by atoms with van der Waals surface area (Å²) < 4.78 is 0.927. The van der Waals surface area contributed by atoms with Gasteiger partial charge in [0.05, 0.1) is 16.5 Å². The lowest BCUT2D eigenvalue weighted by Gasteiger charge is -2.15. The second kappa shape index (κ2) is 6.33. The molecular weight excluding hydrogens is 336 g/mol. The summed E-state index contributed by atoms with van der Waals surface area (Å²) in [6.45, 7) is 1.88. The van der Waals surface area contributed by atoms with E-state index in [9.17, 15) is 10.1 Å². The van der Waals surface area contributed by atoms with Crippen molar-refractivity contribution in [2.24, 2.45) is 0 Å². The van der Waals surface area contributed by atoms with Gasteiger partial charge in [-0.1, -0.05) is 28.1 Å². The predicted molar refractivity (Wildman–Crippen MR) is 81.8 cm³/mol. The van der Waals surface area contributed by atoms with Crippen LogP contribution in [0.1, 0.15) is 24.1 Å². The maximum Gasteiger partial charge on any atom is 0.312 e. The van der Waals surface area contributed by atoms with Crippen molar-refractivity contribution in [1.82, 2.24) is 4.98 Å². The van der Waals surface area contributed by atoms with Crippen LogP contribution in [0.25, 0.3) is 0 Å². The van der Waals surface area contributed by atoms with Gasteiger partial charge in [0, 0.05) is 16.7 Å². The number of anilines is 1. The SMILES string of the molecule is CC(Nc1ncc(C#N)cc1[N+](=O)[O-])c1cccc(Br)c1. The summed E-state index contributed by atoms with van der Waals surface area (Å²) in [5.74, 6) is 0.145. The molecule has 0 aliphatic heterocycles. The van der Waals surface area contributed by atoms with Crippen molar-refractivity contribution in [1.29, 1.82) is 5.26 Å². The Morgan fingerprint density at radius 3 is 2.86 bits per heavy atom. The molecule has 1 heterocycles. The van der Waals surface area contributed by atoms with E-state index in [0.717, 1.165) is 10.0 Å². The highest BCUT2D eigenvalue weighted by Gasteiger charge is 2.18. The highest BCUT2D eigenvalue weighted by molar-refractivity contribution is 9.10. The fraction of sp³-hybridized carbons (Fsp3) is 0.143. The first kappa shape index (κ1) is 14.9. The number of benzene rings is 1. The van der Waals surface area contributed by atoms with E-state index in [2.05, 4.69) is 26.2 Å². The van der Waals surface area contributed by atoms with Crippen molar-refractivity contribution in [3.05, 3.63) is 62.2 Å². The van der Waals surface area contributed by atoms with Crippen LogP contribution in [-0.2, 0) is 0 Å². The molecule has 0 bridgehead atoms. The zero-order chi connectivity index (χ0) is 15.4. The molecule has 21 heavy (non-hydrogen) atoms. The molecule has 0 amide bonds. The molecule has 0 saturated carbocycles. The van der Waals surface area contributed by atoms with Gasteiger partial charge in [0.1, 0.15) is 6.07 Å². The third kappa shape index (κ3) is 3.55. The van der Waals surface area contributed by atoms with Crippen LogP contribution in [0.2, 0.25) is 0 Å². The lowest BCUT2D eigenvalue weighted by molar-refractivity contribution is -0.384. The maximum absolute atomic E-state index is 11.1. The topological polar surface area (TPSA) is 91.8 Å². The molecule has 1 unspecified atom stereocenters. The minimum atomic E-state index is -0.552. The van der Waals surface area contributed by atoms with Gasteiger partial charge in [-0.15, -0.1) is 0 Å². The van der Waals surface area contributed by atoms with Crippen LogP contribution in [0.5, 0.6) is 0 Å². The number of rotatable bonds is 4. The smallest absolute Gasteiger partial charge is 0.312 e. The molecule has 1 N–H and O–H groups in total. The number of halogens is 1. The third-order valence-corrected chi connectivity index (χ3v) is 3.39. The maximum atomic E-state index is 11.1. The minimum absolute atomic E-state index is 0.145. The van der Waals surface area contributed by atoms with Gasteiger partial charge in [-0.25, -0.2) is 4.98 Å². The first-order valence-electron chi connectivity index (χ1n) is 6.08. The van der Waals surface area contributed by atoms with Crippen molar-refractivity contribution >= 4 is 27.4 Å². The summed E-state index contributed by atoms with van der Waals surface area (Å²) in [7, 11) is 0. The summed E-state index contributed by atoms with van der Waals surface area (Å²) in [6.07, 6.45) is 1.31. The van der Waals surface area contributed by atoms with Gasteiger partial charge in [-0.2, -0.15) is 5.26 Å². The summed E-state index contributed by atoms with van der Waals surface area (Å²) in [4.78, 5) is 14.5. The molecule has 1 atom stereocenters. The monoisotopic (exact) mass is 346 g/mol. The second-order valence-corrected chi connectivity index (χ2v) is 5.30. The van der Waals surface area contributed by atoms with Gasteiger partial charge in [0.25, 0.3) is 0 Å². The van der Waals surface area contributed by atoms with E-state index in [0.29, 0.717) is 0 Å². The third-order valence-electron chi connectivity index (χ3n) is 2.90. The van der Waals surface area contributed by atoms with Crippen LogP contribution >= 0.6 is 15.9 Å². The number of pyridine rings is 1. The van der Waals surface area contributed by atoms with Crippen LogP contribution < -0.4 is 5.32 Å². The minimum Gasteiger partial charge on any atom is -0.358 e. The quantitative estimate of drug-likeness (QED) is 0.671. The van der Waals surface area contributed by atoms with Crippen molar-refractivity contribution in [3.63, 3.8) is 0 Å². The molecule has 6 nitrogen and oxygen atoms in total. The number of hydrogen-bond donors (Lipinski definition) is 1. The van der Waals surface area contributed by atoms with Gasteiger partial charge in [-0.05, 0) is 24.6 Å². The fourth-order valence-corrected chi connectivity index (χ4v) is 2.25. The first-order chi connectivity index (χ1) is 10.0. The average Bonchev–Trinajstić information content (AvgIpc) is 2.47. The standard InChI is InChI=1S/C14H11BrN4O2/c1-9(11-3-2-4-12(15)6-11)18-14-13(19(20)21)5-10(7-16)8-17-14/h2-6,8-9H,1H3,(H,17,18). The molecule has 0 saturated heterocycles. The molecule has 0 spiro atoms. The van der Waals surface area contributed by atoms with Crippen molar-refractivity contribution in [3.8, 4) is 6.07 Å². The van der Waals surface area contributed by atoms with E-state index in [1.54, 1.807) is 0 Å². The van der Waals surface area contributed by atoms with E-state index in [1.807, 2.05) is 37.3 Å². The van der Waals surface area contributed by atoms with Gasteiger partial charge in [0.15, 0.2) is 0 Å². The zero-order valence-corrected chi connectivity index (χ0v) is 12.7. The molecule has 0 radical (unpaired) electrons. The Labute approximate surface area is 129 Å². The molecule has 1 aromatic heterocycles. The van der Waals surface area contributed by atoms with Gasteiger partial charge >= 0.3 is 5.69 Å². The predicted octanol–water partition coefficient (Wildman–Crippen LogP) is 3.80. The molecule has 7 heteroatoms. The number of nitrogens with one attached hydrogen (secondary N) is 1. The van der Waals surface area contributed by atoms with Gasteiger partial charge in [-0.3, -0.25) is 10.1 Å². The Morgan fingerprint density at radius 1 is 1.48 bits per heavy atom. The molecule has 2 rings (SSSR count). The highest BCUT2D eigenvalue weighted by atomic mass is 79.9. The lowest BCUT2D eigenvalue weighted by atomic mass is 10.1. The van der Waals surface area contributed by atoms with Gasteiger partial charge in [0.2, 0.25) is 5.82 Å². The fourth-order valence-electron chi connectivity index (χ4n) is 1.83. The van der Waals surface area contributed by atoms with E-state index in [1.165, 1.54) is 12.3 Å². The van der Waals surface area contributed by atoms with Crippen LogP contribution in [0.15, 0.2) is 41.0 Å². The molecule has 0 fully saturated rings. The molecule has 0 aliphatic rings. The molecule has 106 valence electrons. The van der Waals surface area contributed by atoms with Crippen LogP contribution in [-0.4, -0.2) is 9.91 Å². The Kier molecular flexibility index (Phi) is 4.50. The summed E-state index contributed by atoms with van der Waals surface area (Å²) in [5, 5.41) is 22.9. The van der Waals surface area contributed by atoms with Crippen molar-refractivity contribution in [2.45, 2.75) is 13.0 Å². The Balaban J connectivity index is 2.31. The van der Waals surface area contributed by atoms with Crippen LogP contribution in [0.3, 0.4) is 0 Å². The number of aromatic nitrogens is 1. The summed E-state index contributed by atoms with van der Waals surface area (Å²) in [6, 6.07) is 10.5. The van der Waals surface area contributed by atoms with E-state index in [-0.39, 0.29) is 23.1 Å². The number of hydrogen-bond acceptors (Lipinski definition) is 5. The van der Waals surface area contributed by atoms with Crippen molar-refractivity contribution < 1.29 is 4.92 Å². The molecule has 1 aromatic carbocycles. The van der Waals surface area contributed by atoms with Gasteiger partial charge < -0.3 is 5.32 Å². The zero-order valence-electron chi connectivity index (χ0n) is 11.1. The Morgan fingerprint density at radius 2 is 2.24 bits per heavy atom. The summed E-state index contributed by atoms with van der Waals surface area (Å²) >= 11 is 3.38. The first-order valence-corrected chi connectivity index (χ1v) is 6.87. The lowest BCUT2D eigenvalue weighted by Crippen LogP contribution is -2.10. The highest BCUT2D eigenvalue weighted by Crippen LogP contribution is 2.27. The summed E-state index contributed by atoms with van der Waals surface area (Å²) in [5.41, 5.74) is 0.906. The van der Waals surface area contributed by atoms with Crippen LogP contribution in [0.4, 0.5) is 11.5 Å².